The van der Waals surface area contributed by atoms with Gasteiger partial charge in [-0.2, -0.15) is 0 Å². The van der Waals surface area contributed by atoms with Crippen LogP contribution < -0.4 is 9.64 Å². The van der Waals surface area contributed by atoms with Crippen molar-refractivity contribution in [2.75, 3.05) is 12.0 Å². The Labute approximate surface area is 172 Å². The van der Waals surface area contributed by atoms with Crippen molar-refractivity contribution in [3.8, 4) is 5.75 Å². The molecule has 4 nitrogen and oxygen atoms in total. The van der Waals surface area contributed by atoms with E-state index in [4.69, 9.17) is 21.3 Å². The van der Waals surface area contributed by atoms with Gasteiger partial charge in [0.2, 0.25) is 0 Å². The first-order valence-electron chi connectivity index (χ1n) is 8.70. The molecule has 0 unspecified atom stereocenters. The summed E-state index contributed by atoms with van der Waals surface area (Å²) in [6.07, 6.45) is 0. The predicted octanol–water partition coefficient (Wildman–Crippen LogP) is 5.81. The van der Waals surface area contributed by atoms with Crippen LogP contribution in [0, 0.1) is 0 Å². The molecule has 3 aromatic carbocycles. The van der Waals surface area contributed by atoms with Crippen molar-refractivity contribution in [3.05, 3.63) is 88.9 Å². The SMILES string of the molecule is COc1ccc2nc(N(Cc3ccccc3)C(=O)c3ccc(Cl)cc3)sc2c1. The summed E-state index contributed by atoms with van der Waals surface area (Å²) >= 11 is 7.45. The average molecular weight is 409 g/mol. The van der Waals surface area contributed by atoms with Gasteiger partial charge in [-0.25, -0.2) is 4.98 Å². The Balaban J connectivity index is 1.75. The van der Waals surface area contributed by atoms with E-state index in [-0.39, 0.29) is 5.91 Å². The molecule has 0 fully saturated rings. The summed E-state index contributed by atoms with van der Waals surface area (Å²) in [6, 6.07) is 22.5. The van der Waals surface area contributed by atoms with E-state index in [9.17, 15) is 4.79 Å². The fraction of sp³-hybridized carbons (Fsp3) is 0.0909. The zero-order chi connectivity index (χ0) is 19.5. The van der Waals surface area contributed by atoms with Gasteiger partial charge in [-0.1, -0.05) is 53.3 Å². The highest BCUT2D eigenvalue weighted by Gasteiger charge is 2.22. The van der Waals surface area contributed by atoms with Crippen LogP contribution in [0.1, 0.15) is 15.9 Å². The molecule has 0 bridgehead atoms. The van der Waals surface area contributed by atoms with Gasteiger partial charge < -0.3 is 4.74 Å². The number of aromatic nitrogens is 1. The molecule has 140 valence electrons. The maximum Gasteiger partial charge on any atom is 0.260 e. The van der Waals surface area contributed by atoms with E-state index in [1.807, 2.05) is 48.5 Å². The Morgan fingerprint density at radius 1 is 1.07 bits per heavy atom. The summed E-state index contributed by atoms with van der Waals surface area (Å²) in [7, 11) is 1.63. The number of methoxy groups -OCH3 is 1. The lowest BCUT2D eigenvalue weighted by Crippen LogP contribution is -2.30. The topological polar surface area (TPSA) is 42.4 Å². The van der Waals surface area contributed by atoms with Crippen molar-refractivity contribution in [1.29, 1.82) is 0 Å². The van der Waals surface area contributed by atoms with E-state index in [2.05, 4.69) is 0 Å². The molecule has 0 atom stereocenters. The van der Waals surface area contributed by atoms with E-state index in [0.29, 0.717) is 22.3 Å². The summed E-state index contributed by atoms with van der Waals surface area (Å²) < 4.78 is 6.27. The maximum atomic E-state index is 13.3. The first kappa shape index (κ1) is 18.5. The van der Waals surface area contributed by atoms with Gasteiger partial charge in [0.05, 0.1) is 23.9 Å². The van der Waals surface area contributed by atoms with Gasteiger partial charge >= 0.3 is 0 Å². The third-order valence-corrected chi connectivity index (χ3v) is 5.63. The summed E-state index contributed by atoms with van der Waals surface area (Å²) in [5.41, 5.74) is 2.43. The molecule has 0 aliphatic carbocycles. The molecule has 1 heterocycles. The average Bonchev–Trinajstić information content (AvgIpc) is 3.15. The summed E-state index contributed by atoms with van der Waals surface area (Å²) in [5.74, 6) is 0.646. The lowest BCUT2D eigenvalue weighted by molar-refractivity contribution is 0.0985. The standard InChI is InChI=1S/C22H17ClN2O2S/c1-27-18-11-12-19-20(13-18)28-22(24-19)25(14-15-5-3-2-4-6-15)21(26)16-7-9-17(23)10-8-16/h2-13H,14H2,1H3. The van der Waals surface area contributed by atoms with Gasteiger partial charge in [0.25, 0.3) is 5.91 Å². The van der Waals surface area contributed by atoms with Crippen LogP contribution in [0.2, 0.25) is 5.02 Å². The fourth-order valence-electron chi connectivity index (χ4n) is 2.88. The number of benzene rings is 3. The van der Waals surface area contributed by atoms with E-state index in [1.165, 1.54) is 11.3 Å². The molecule has 0 saturated heterocycles. The minimum Gasteiger partial charge on any atom is -0.497 e. The van der Waals surface area contributed by atoms with Crippen molar-refractivity contribution in [1.82, 2.24) is 4.98 Å². The van der Waals surface area contributed by atoms with Gasteiger partial charge in [0, 0.05) is 10.6 Å². The molecular weight excluding hydrogens is 392 g/mol. The monoisotopic (exact) mass is 408 g/mol. The van der Waals surface area contributed by atoms with Crippen molar-refractivity contribution in [2.45, 2.75) is 6.54 Å². The lowest BCUT2D eigenvalue weighted by Gasteiger charge is -2.20. The number of hydrogen-bond acceptors (Lipinski definition) is 4. The zero-order valence-electron chi connectivity index (χ0n) is 15.1. The Morgan fingerprint density at radius 3 is 2.54 bits per heavy atom. The molecule has 0 aliphatic rings. The highest BCUT2D eigenvalue weighted by atomic mass is 35.5. The second-order valence-electron chi connectivity index (χ2n) is 6.21. The molecule has 0 spiro atoms. The van der Waals surface area contributed by atoms with Crippen molar-refractivity contribution in [2.24, 2.45) is 0 Å². The number of anilines is 1. The molecule has 28 heavy (non-hydrogen) atoms. The largest absolute Gasteiger partial charge is 0.497 e. The molecule has 0 N–H and O–H groups in total. The first-order chi connectivity index (χ1) is 13.6. The zero-order valence-corrected chi connectivity index (χ0v) is 16.7. The minimum absolute atomic E-state index is 0.119. The molecule has 1 amide bonds. The highest BCUT2D eigenvalue weighted by molar-refractivity contribution is 7.22. The molecule has 1 aromatic heterocycles. The summed E-state index contributed by atoms with van der Waals surface area (Å²) in [4.78, 5) is 19.7. The number of fused-ring (bicyclic) bond motifs is 1. The van der Waals surface area contributed by atoms with E-state index >= 15 is 0 Å². The van der Waals surface area contributed by atoms with Gasteiger partial charge in [-0.15, -0.1) is 0 Å². The number of amides is 1. The Hall–Kier alpha value is -2.89. The summed E-state index contributed by atoms with van der Waals surface area (Å²) in [6.45, 7) is 0.430. The molecule has 0 radical (unpaired) electrons. The molecule has 0 aliphatic heterocycles. The van der Waals surface area contributed by atoms with Gasteiger partial charge in [-0.05, 0) is 48.0 Å². The number of rotatable bonds is 5. The lowest BCUT2D eigenvalue weighted by atomic mass is 10.1. The van der Waals surface area contributed by atoms with Gasteiger partial charge in [0.1, 0.15) is 5.75 Å². The van der Waals surface area contributed by atoms with Crippen LogP contribution >= 0.6 is 22.9 Å². The number of carbonyl (C=O) groups is 1. The van der Waals surface area contributed by atoms with E-state index < -0.39 is 0 Å². The predicted molar refractivity (Wildman–Crippen MR) is 115 cm³/mol. The minimum atomic E-state index is -0.119. The number of thiazole rings is 1. The Bertz CT molecular complexity index is 1110. The number of hydrogen-bond donors (Lipinski definition) is 0. The highest BCUT2D eigenvalue weighted by Crippen LogP contribution is 2.33. The van der Waals surface area contributed by atoms with Crippen LogP contribution in [-0.4, -0.2) is 18.0 Å². The second kappa shape index (κ2) is 8.00. The number of carbonyl (C=O) groups excluding carboxylic acids is 1. The van der Waals surface area contributed by atoms with Gasteiger partial charge in [-0.3, -0.25) is 9.69 Å². The third kappa shape index (κ3) is 3.86. The Morgan fingerprint density at radius 2 is 1.82 bits per heavy atom. The summed E-state index contributed by atoms with van der Waals surface area (Å²) in [5, 5.41) is 1.24. The van der Waals surface area contributed by atoms with Crippen molar-refractivity contribution >= 4 is 44.2 Å². The molecule has 6 heteroatoms. The Kier molecular flexibility index (Phi) is 5.28. The van der Waals surface area contributed by atoms with Crippen LogP contribution in [0.4, 0.5) is 5.13 Å². The smallest absolute Gasteiger partial charge is 0.260 e. The van der Waals surface area contributed by atoms with Crippen molar-refractivity contribution < 1.29 is 9.53 Å². The normalized spacial score (nSPS) is 10.8. The molecule has 4 aromatic rings. The second-order valence-corrected chi connectivity index (χ2v) is 7.66. The number of nitrogens with zero attached hydrogens (tertiary/aromatic N) is 2. The van der Waals surface area contributed by atoms with Gasteiger partial charge in [0.15, 0.2) is 5.13 Å². The van der Waals surface area contributed by atoms with Crippen LogP contribution in [0.15, 0.2) is 72.8 Å². The first-order valence-corrected chi connectivity index (χ1v) is 9.89. The van der Waals surface area contributed by atoms with E-state index in [0.717, 1.165) is 21.5 Å². The maximum absolute atomic E-state index is 13.3. The van der Waals surface area contributed by atoms with E-state index in [1.54, 1.807) is 36.3 Å². The number of halogens is 1. The van der Waals surface area contributed by atoms with Crippen LogP contribution in [0.25, 0.3) is 10.2 Å². The molecule has 0 saturated carbocycles. The molecular formula is C22H17ClN2O2S. The number of ether oxygens (including phenoxy) is 1. The third-order valence-electron chi connectivity index (χ3n) is 4.34. The van der Waals surface area contributed by atoms with Crippen LogP contribution in [-0.2, 0) is 6.54 Å². The fourth-order valence-corrected chi connectivity index (χ4v) is 3.99. The quantitative estimate of drug-likeness (QED) is 0.418. The molecule has 4 rings (SSSR count). The van der Waals surface area contributed by atoms with Crippen LogP contribution in [0.3, 0.4) is 0 Å². The van der Waals surface area contributed by atoms with Crippen LogP contribution in [0.5, 0.6) is 5.75 Å². The van der Waals surface area contributed by atoms with Crippen molar-refractivity contribution in [3.63, 3.8) is 0 Å².